The number of aromatic nitrogens is 4. The minimum absolute atomic E-state index is 0. The minimum atomic E-state index is -0.435. The summed E-state index contributed by atoms with van der Waals surface area (Å²) < 4.78 is 7.52. The van der Waals surface area contributed by atoms with E-state index in [0.29, 0.717) is 17.6 Å². The zero-order chi connectivity index (χ0) is 16.8. The van der Waals surface area contributed by atoms with Gasteiger partial charge in [0.05, 0.1) is 11.1 Å². The molecule has 2 N–H and O–H groups in total. The molecule has 134 valence electrons. The van der Waals surface area contributed by atoms with Crippen molar-refractivity contribution in [3.63, 3.8) is 0 Å². The summed E-state index contributed by atoms with van der Waals surface area (Å²) >= 11 is 0. The Balaban J connectivity index is 0.00000208. The van der Waals surface area contributed by atoms with E-state index in [1.807, 2.05) is 10.7 Å². The molecule has 24 heavy (non-hydrogen) atoms. The van der Waals surface area contributed by atoms with Gasteiger partial charge in [0.1, 0.15) is 0 Å². The molecule has 0 radical (unpaired) electrons. The van der Waals surface area contributed by atoms with Gasteiger partial charge < -0.3 is 10.3 Å². The maximum Gasteiger partial charge on any atom is 0.278 e. The van der Waals surface area contributed by atoms with Crippen LogP contribution in [0.1, 0.15) is 77.7 Å². The number of halogens is 1. The fourth-order valence-corrected chi connectivity index (χ4v) is 3.21. The maximum atomic E-state index is 6.41. The Hall–Kier alpha value is -1.40. The number of nitrogens with two attached hydrogens (primary N) is 1. The SMILES string of the molecule is CC(C)c1cc(-c2nc(C3(N)CCCC3)no2)nn1C(C)(C)C.Cl. The number of rotatable bonds is 3. The van der Waals surface area contributed by atoms with Crippen LogP contribution in [0.4, 0.5) is 0 Å². The first-order valence-corrected chi connectivity index (χ1v) is 8.44. The van der Waals surface area contributed by atoms with E-state index in [4.69, 9.17) is 15.4 Å². The summed E-state index contributed by atoms with van der Waals surface area (Å²) in [5, 5.41) is 8.85. The highest BCUT2D eigenvalue weighted by atomic mass is 35.5. The fourth-order valence-electron chi connectivity index (χ4n) is 3.21. The van der Waals surface area contributed by atoms with Gasteiger partial charge in [-0.15, -0.1) is 12.4 Å². The van der Waals surface area contributed by atoms with Gasteiger partial charge in [-0.2, -0.15) is 10.1 Å². The highest BCUT2D eigenvalue weighted by Gasteiger charge is 2.36. The van der Waals surface area contributed by atoms with E-state index in [1.54, 1.807) is 0 Å². The van der Waals surface area contributed by atoms with Crippen molar-refractivity contribution in [2.45, 2.75) is 77.3 Å². The summed E-state index contributed by atoms with van der Waals surface area (Å²) in [5.41, 5.74) is 7.77. The van der Waals surface area contributed by atoms with Crippen molar-refractivity contribution in [3.05, 3.63) is 17.6 Å². The van der Waals surface area contributed by atoms with Crippen molar-refractivity contribution in [2.24, 2.45) is 5.73 Å². The molecule has 1 aliphatic carbocycles. The quantitative estimate of drug-likeness (QED) is 0.902. The molecular formula is C17H28ClN5O. The number of nitrogens with zero attached hydrogens (tertiary/aromatic N) is 4. The monoisotopic (exact) mass is 353 g/mol. The summed E-state index contributed by atoms with van der Waals surface area (Å²) in [6.07, 6.45) is 4.08. The summed E-state index contributed by atoms with van der Waals surface area (Å²) in [4.78, 5) is 4.55. The molecule has 7 heteroatoms. The second-order valence-electron chi connectivity index (χ2n) is 7.98. The van der Waals surface area contributed by atoms with Gasteiger partial charge in [0.25, 0.3) is 5.89 Å². The van der Waals surface area contributed by atoms with E-state index in [2.05, 4.69) is 44.8 Å². The Labute approximate surface area is 149 Å². The third-order valence-corrected chi connectivity index (χ3v) is 4.55. The Morgan fingerprint density at radius 1 is 1.25 bits per heavy atom. The van der Waals surface area contributed by atoms with Gasteiger partial charge in [-0.05, 0) is 45.6 Å². The van der Waals surface area contributed by atoms with Crippen LogP contribution in [0.2, 0.25) is 0 Å². The average molecular weight is 354 g/mol. The summed E-state index contributed by atoms with van der Waals surface area (Å²) in [5.74, 6) is 1.44. The molecule has 0 amide bonds. The Morgan fingerprint density at radius 3 is 2.38 bits per heavy atom. The van der Waals surface area contributed by atoms with Crippen molar-refractivity contribution < 1.29 is 4.52 Å². The molecule has 0 spiro atoms. The first kappa shape index (κ1) is 18.9. The largest absolute Gasteiger partial charge is 0.332 e. The van der Waals surface area contributed by atoms with Crippen LogP contribution < -0.4 is 5.73 Å². The van der Waals surface area contributed by atoms with Crippen molar-refractivity contribution in [1.29, 1.82) is 0 Å². The van der Waals surface area contributed by atoms with Crippen LogP contribution in [-0.2, 0) is 11.1 Å². The molecule has 3 rings (SSSR count). The van der Waals surface area contributed by atoms with E-state index in [0.717, 1.165) is 37.1 Å². The van der Waals surface area contributed by atoms with Crippen molar-refractivity contribution in [2.75, 3.05) is 0 Å². The Morgan fingerprint density at radius 2 is 1.88 bits per heavy atom. The molecular weight excluding hydrogens is 326 g/mol. The normalized spacial score (nSPS) is 17.3. The molecule has 2 aromatic heterocycles. The third-order valence-electron chi connectivity index (χ3n) is 4.55. The zero-order valence-electron chi connectivity index (χ0n) is 15.2. The second kappa shape index (κ2) is 6.48. The lowest BCUT2D eigenvalue weighted by Crippen LogP contribution is -2.34. The first-order valence-electron chi connectivity index (χ1n) is 8.44. The van der Waals surface area contributed by atoms with E-state index in [-0.39, 0.29) is 17.9 Å². The van der Waals surface area contributed by atoms with Crippen LogP contribution in [0.5, 0.6) is 0 Å². The Kier molecular flexibility index (Phi) is 5.11. The van der Waals surface area contributed by atoms with Crippen molar-refractivity contribution in [3.8, 4) is 11.6 Å². The molecule has 6 nitrogen and oxygen atoms in total. The van der Waals surface area contributed by atoms with Crippen LogP contribution in [0.25, 0.3) is 11.6 Å². The molecule has 0 aromatic carbocycles. The topological polar surface area (TPSA) is 82.8 Å². The van der Waals surface area contributed by atoms with Crippen LogP contribution in [-0.4, -0.2) is 19.9 Å². The van der Waals surface area contributed by atoms with Crippen LogP contribution in [0.3, 0.4) is 0 Å². The number of hydrogen-bond acceptors (Lipinski definition) is 5. The van der Waals surface area contributed by atoms with Crippen molar-refractivity contribution >= 4 is 12.4 Å². The molecule has 0 atom stereocenters. The molecule has 1 fully saturated rings. The molecule has 1 aliphatic rings. The van der Waals surface area contributed by atoms with Gasteiger partial charge in [-0.25, -0.2) is 0 Å². The van der Waals surface area contributed by atoms with Crippen LogP contribution in [0.15, 0.2) is 10.6 Å². The second-order valence-corrected chi connectivity index (χ2v) is 7.98. The summed E-state index contributed by atoms with van der Waals surface area (Å²) in [7, 11) is 0. The molecule has 2 aromatic rings. The van der Waals surface area contributed by atoms with Gasteiger partial charge in [0.2, 0.25) is 0 Å². The predicted octanol–water partition coefficient (Wildman–Crippen LogP) is 3.96. The third kappa shape index (κ3) is 3.35. The lowest BCUT2D eigenvalue weighted by atomic mass is 9.99. The maximum absolute atomic E-state index is 6.41. The van der Waals surface area contributed by atoms with Gasteiger partial charge in [-0.1, -0.05) is 31.8 Å². The molecule has 0 aliphatic heterocycles. The number of hydrogen-bond donors (Lipinski definition) is 1. The van der Waals surface area contributed by atoms with E-state index >= 15 is 0 Å². The molecule has 0 bridgehead atoms. The molecule has 0 saturated heterocycles. The fraction of sp³-hybridized carbons (Fsp3) is 0.706. The molecule has 2 heterocycles. The highest BCUT2D eigenvalue weighted by molar-refractivity contribution is 5.85. The summed E-state index contributed by atoms with van der Waals surface area (Å²) in [6.45, 7) is 10.7. The Bertz CT molecular complexity index is 692. The highest BCUT2D eigenvalue weighted by Crippen LogP contribution is 2.35. The minimum Gasteiger partial charge on any atom is -0.332 e. The first-order chi connectivity index (χ1) is 10.7. The standard InChI is InChI=1S/C17H27N5O.ClH/c1-11(2)13-10-12(20-22(13)16(3,4)5)14-19-15(21-23-14)17(18)8-6-7-9-17;/h10-11H,6-9,18H2,1-5H3;1H. The van der Waals surface area contributed by atoms with E-state index in [9.17, 15) is 0 Å². The lowest BCUT2D eigenvalue weighted by molar-refractivity contribution is 0.338. The average Bonchev–Trinajstić information content (AvgIpc) is 3.16. The van der Waals surface area contributed by atoms with E-state index in [1.165, 1.54) is 0 Å². The van der Waals surface area contributed by atoms with Crippen LogP contribution in [0, 0.1) is 0 Å². The van der Waals surface area contributed by atoms with Gasteiger partial charge in [0.15, 0.2) is 11.5 Å². The van der Waals surface area contributed by atoms with E-state index < -0.39 is 5.54 Å². The van der Waals surface area contributed by atoms with Crippen molar-refractivity contribution in [1.82, 2.24) is 19.9 Å². The van der Waals surface area contributed by atoms with Crippen LogP contribution >= 0.6 is 12.4 Å². The van der Waals surface area contributed by atoms with Gasteiger partial charge >= 0.3 is 0 Å². The van der Waals surface area contributed by atoms with Gasteiger partial charge in [0, 0.05) is 5.69 Å². The predicted molar refractivity (Wildman–Crippen MR) is 96.2 cm³/mol. The smallest absolute Gasteiger partial charge is 0.278 e. The molecule has 0 unspecified atom stereocenters. The lowest BCUT2D eigenvalue weighted by Gasteiger charge is -2.23. The molecule has 1 saturated carbocycles. The van der Waals surface area contributed by atoms with Gasteiger partial charge in [-0.3, -0.25) is 4.68 Å². The zero-order valence-corrected chi connectivity index (χ0v) is 16.0. The summed E-state index contributed by atoms with van der Waals surface area (Å²) in [6, 6.07) is 2.05.